The second-order valence-electron chi connectivity index (χ2n) is 6.87. The third-order valence-corrected chi connectivity index (χ3v) is 4.46. The Morgan fingerprint density at radius 1 is 1.32 bits per heavy atom. The van der Waals surface area contributed by atoms with Crippen LogP contribution in [0.15, 0.2) is 21.3 Å². The van der Waals surface area contributed by atoms with Crippen LogP contribution in [0.2, 0.25) is 10.2 Å². The topological polar surface area (TPSA) is 53.6 Å². The average Bonchev–Trinajstić information content (AvgIpc) is 3.10. The number of aromatic nitrogens is 1. The highest BCUT2D eigenvalue weighted by molar-refractivity contribution is 6.32. The summed E-state index contributed by atoms with van der Waals surface area (Å²) in [7, 11) is 0. The van der Waals surface area contributed by atoms with Crippen molar-refractivity contribution in [2.45, 2.75) is 45.3 Å². The molecular formula is C17H18Cl2FNO4. The van der Waals surface area contributed by atoms with Crippen molar-refractivity contribution < 1.29 is 18.3 Å². The van der Waals surface area contributed by atoms with Crippen LogP contribution in [0.5, 0.6) is 5.75 Å². The number of ether oxygens (including phenoxy) is 2. The summed E-state index contributed by atoms with van der Waals surface area (Å²) >= 11 is 12.3. The van der Waals surface area contributed by atoms with Crippen molar-refractivity contribution in [3.8, 4) is 11.4 Å². The lowest BCUT2D eigenvalue weighted by Gasteiger charge is -2.16. The maximum atomic E-state index is 14.5. The molecule has 1 fully saturated rings. The van der Waals surface area contributed by atoms with Crippen LogP contribution in [0, 0.1) is 5.82 Å². The van der Waals surface area contributed by atoms with Crippen molar-refractivity contribution in [3.63, 3.8) is 0 Å². The van der Waals surface area contributed by atoms with Crippen LogP contribution in [-0.4, -0.2) is 17.5 Å². The standard InChI is InChI=1S/C17H18Cl2FNO4/c1-17(2,3)14-15(19)21(16(22)25-14)11-8-12(9(18)7-10(11)20)24-13-5-4-6-23-13/h7-8,13H,4-6H2,1-3H3. The Balaban J connectivity index is 2.08. The quantitative estimate of drug-likeness (QED) is 0.763. The van der Waals surface area contributed by atoms with Gasteiger partial charge in [0.1, 0.15) is 11.6 Å². The number of hydrogen-bond acceptors (Lipinski definition) is 4. The molecule has 25 heavy (non-hydrogen) atoms. The third-order valence-electron chi connectivity index (χ3n) is 3.83. The Kier molecular flexibility index (Phi) is 4.88. The first kappa shape index (κ1) is 18.3. The van der Waals surface area contributed by atoms with Gasteiger partial charge < -0.3 is 13.9 Å². The van der Waals surface area contributed by atoms with Gasteiger partial charge in [0.05, 0.1) is 17.3 Å². The molecule has 1 saturated heterocycles. The SMILES string of the molecule is CC(C)(C)c1oc(=O)n(-c2cc(OC3CCCO3)c(Cl)cc2F)c1Cl. The zero-order valence-electron chi connectivity index (χ0n) is 14.1. The minimum Gasteiger partial charge on any atom is -0.463 e. The average molecular weight is 390 g/mol. The molecule has 5 nitrogen and oxygen atoms in total. The van der Waals surface area contributed by atoms with Crippen LogP contribution < -0.4 is 10.5 Å². The van der Waals surface area contributed by atoms with Gasteiger partial charge in [0.2, 0.25) is 0 Å². The molecule has 1 unspecified atom stereocenters. The number of rotatable bonds is 3. The maximum absolute atomic E-state index is 14.5. The maximum Gasteiger partial charge on any atom is 0.425 e. The molecule has 1 aliphatic heterocycles. The van der Waals surface area contributed by atoms with Crippen molar-refractivity contribution in [2.75, 3.05) is 6.61 Å². The zero-order chi connectivity index (χ0) is 18.4. The number of hydrogen-bond donors (Lipinski definition) is 0. The number of halogens is 3. The minimum absolute atomic E-state index is 0.0155. The van der Waals surface area contributed by atoms with E-state index in [0.717, 1.165) is 17.1 Å². The largest absolute Gasteiger partial charge is 0.463 e. The summed E-state index contributed by atoms with van der Waals surface area (Å²) in [6.45, 7) is 6.11. The molecule has 2 heterocycles. The summed E-state index contributed by atoms with van der Waals surface area (Å²) < 4.78 is 31.7. The second-order valence-corrected chi connectivity index (χ2v) is 7.63. The number of benzene rings is 1. The normalized spacial score (nSPS) is 17.9. The van der Waals surface area contributed by atoms with Crippen molar-refractivity contribution >= 4 is 23.2 Å². The lowest BCUT2D eigenvalue weighted by atomic mass is 9.94. The molecule has 0 saturated carbocycles. The van der Waals surface area contributed by atoms with Crippen molar-refractivity contribution in [3.05, 3.63) is 44.4 Å². The molecule has 136 valence electrons. The van der Waals surface area contributed by atoms with Crippen LogP contribution in [0.3, 0.4) is 0 Å². The monoisotopic (exact) mass is 389 g/mol. The van der Waals surface area contributed by atoms with Gasteiger partial charge in [0.15, 0.2) is 17.2 Å². The fourth-order valence-electron chi connectivity index (χ4n) is 2.59. The Hall–Kier alpha value is -1.50. The van der Waals surface area contributed by atoms with Gasteiger partial charge in [-0.05, 0) is 12.5 Å². The van der Waals surface area contributed by atoms with E-state index < -0.39 is 23.3 Å². The van der Waals surface area contributed by atoms with Gasteiger partial charge in [-0.2, -0.15) is 0 Å². The Labute approximate surface area is 154 Å². The molecule has 0 amide bonds. The van der Waals surface area contributed by atoms with Crippen LogP contribution >= 0.6 is 23.2 Å². The second kappa shape index (κ2) is 6.67. The van der Waals surface area contributed by atoms with Gasteiger partial charge >= 0.3 is 5.76 Å². The fourth-order valence-corrected chi connectivity index (χ4v) is 3.26. The first-order chi connectivity index (χ1) is 11.7. The molecule has 1 atom stereocenters. The van der Waals surface area contributed by atoms with E-state index in [-0.39, 0.29) is 27.4 Å². The summed E-state index contributed by atoms with van der Waals surface area (Å²) in [5.74, 6) is -1.00. The van der Waals surface area contributed by atoms with Gasteiger partial charge in [0, 0.05) is 17.9 Å². The first-order valence-electron chi connectivity index (χ1n) is 7.88. The Morgan fingerprint density at radius 2 is 2.04 bits per heavy atom. The molecule has 0 bridgehead atoms. The van der Waals surface area contributed by atoms with Crippen molar-refractivity contribution in [2.24, 2.45) is 0 Å². The van der Waals surface area contributed by atoms with Gasteiger partial charge in [-0.1, -0.05) is 44.0 Å². The predicted molar refractivity (Wildman–Crippen MR) is 92.6 cm³/mol. The summed E-state index contributed by atoms with van der Waals surface area (Å²) in [5, 5.41) is 0.0993. The summed E-state index contributed by atoms with van der Waals surface area (Å²) in [6.07, 6.45) is 1.14. The minimum atomic E-state index is -0.779. The van der Waals surface area contributed by atoms with Crippen LogP contribution in [0.4, 0.5) is 4.39 Å². The van der Waals surface area contributed by atoms with E-state index in [9.17, 15) is 9.18 Å². The number of oxazole rings is 1. The molecule has 1 aliphatic rings. The van der Waals surface area contributed by atoms with Gasteiger partial charge in [-0.25, -0.2) is 13.8 Å². The summed E-state index contributed by atoms with van der Waals surface area (Å²) in [5.41, 5.74) is -0.604. The molecule has 0 radical (unpaired) electrons. The molecule has 0 aliphatic carbocycles. The summed E-state index contributed by atoms with van der Waals surface area (Å²) in [6, 6.07) is 2.41. The van der Waals surface area contributed by atoms with E-state index in [2.05, 4.69) is 0 Å². The molecule has 3 rings (SSSR count). The van der Waals surface area contributed by atoms with Crippen LogP contribution in [-0.2, 0) is 10.2 Å². The van der Waals surface area contributed by atoms with E-state index in [0.29, 0.717) is 13.0 Å². The van der Waals surface area contributed by atoms with E-state index in [4.69, 9.17) is 37.1 Å². The Morgan fingerprint density at radius 3 is 2.60 bits per heavy atom. The highest BCUT2D eigenvalue weighted by Crippen LogP contribution is 2.35. The van der Waals surface area contributed by atoms with E-state index in [1.165, 1.54) is 6.07 Å². The highest BCUT2D eigenvalue weighted by atomic mass is 35.5. The predicted octanol–water partition coefficient (Wildman–Crippen LogP) is 4.69. The molecular weight excluding hydrogens is 372 g/mol. The van der Waals surface area contributed by atoms with E-state index in [1.54, 1.807) is 0 Å². The lowest BCUT2D eigenvalue weighted by molar-refractivity contribution is -0.0390. The first-order valence-corrected chi connectivity index (χ1v) is 8.63. The third kappa shape index (κ3) is 3.57. The van der Waals surface area contributed by atoms with Gasteiger partial charge in [-0.15, -0.1) is 0 Å². The lowest BCUT2D eigenvalue weighted by Crippen LogP contribution is -2.16. The molecule has 1 aromatic carbocycles. The molecule has 8 heteroatoms. The van der Waals surface area contributed by atoms with Crippen molar-refractivity contribution in [1.82, 2.24) is 4.57 Å². The van der Waals surface area contributed by atoms with Crippen LogP contribution in [0.1, 0.15) is 39.4 Å². The van der Waals surface area contributed by atoms with Gasteiger partial charge in [-0.3, -0.25) is 0 Å². The van der Waals surface area contributed by atoms with Gasteiger partial charge in [0.25, 0.3) is 0 Å². The zero-order valence-corrected chi connectivity index (χ0v) is 15.6. The smallest absolute Gasteiger partial charge is 0.425 e. The Bertz CT molecular complexity index is 848. The van der Waals surface area contributed by atoms with E-state index in [1.807, 2.05) is 20.8 Å². The van der Waals surface area contributed by atoms with E-state index >= 15 is 0 Å². The van der Waals surface area contributed by atoms with Crippen molar-refractivity contribution in [1.29, 1.82) is 0 Å². The molecule has 0 spiro atoms. The fraction of sp³-hybridized carbons (Fsp3) is 0.471. The highest BCUT2D eigenvalue weighted by Gasteiger charge is 2.28. The molecule has 0 N–H and O–H groups in total. The summed E-state index contributed by atoms with van der Waals surface area (Å²) in [4.78, 5) is 12.2. The number of nitrogens with zero attached hydrogens (tertiary/aromatic N) is 1. The molecule has 2 aromatic rings. The molecule has 1 aromatic heterocycles. The van der Waals surface area contributed by atoms with Crippen LogP contribution in [0.25, 0.3) is 5.69 Å².